The van der Waals surface area contributed by atoms with Crippen molar-refractivity contribution in [3.63, 3.8) is 0 Å². The summed E-state index contributed by atoms with van der Waals surface area (Å²) < 4.78 is 3.93. The van der Waals surface area contributed by atoms with Crippen LogP contribution in [0.2, 0.25) is 0 Å². The first-order chi connectivity index (χ1) is 8.85. The second-order valence-electron chi connectivity index (χ2n) is 4.39. The Bertz CT molecular complexity index is 515. The quantitative estimate of drug-likeness (QED) is 0.734. The summed E-state index contributed by atoms with van der Waals surface area (Å²) in [6.07, 6.45) is 3.68. The van der Waals surface area contributed by atoms with E-state index in [0.717, 1.165) is 44.2 Å². The highest BCUT2D eigenvalue weighted by atomic mass is 15.4. The van der Waals surface area contributed by atoms with E-state index >= 15 is 0 Å². The van der Waals surface area contributed by atoms with E-state index in [2.05, 4.69) is 30.0 Å². The van der Waals surface area contributed by atoms with Gasteiger partial charge in [-0.15, -0.1) is 15.3 Å². The van der Waals surface area contributed by atoms with Crippen molar-refractivity contribution in [2.45, 2.75) is 26.2 Å². The monoisotopic (exact) mass is 248 g/mol. The third kappa shape index (κ3) is 2.24. The maximum absolute atomic E-state index is 5.50. The molecule has 3 heterocycles. The number of hydrogen-bond donors (Lipinski definition) is 1. The molecule has 8 heteroatoms. The lowest BCUT2D eigenvalue weighted by atomic mass is 10.3. The third-order valence-electron chi connectivity index (χ3n) is 3.16. The summed E-state index contributed by atoms with van der Waals surface area (Å²) in [5.74, 6) is 1.03. The van der Waals surface area contributed by atoms with E-state index in [1.807, 2.05) is 10.9 Å². The lowest BCUT2D eigenvalue weighted by molar-refractivity contribution is 0.206. The predicted molar refractivity (Wildman–Crippen MR) is 63.2 cm³/mol. The molecule has 1 aliphatic heterocycles. The van der Waals surface area contributed by atoms with Crippen molar-refractivity contribution in [1.29, 1.82) is 0 Å². The number of nitrogens with two attached hydrogens (primary N) is 1. The minimum Gasteiger partial charge on any atom is -0.325 e. The van der Waals surface area contributed by atoms with Gasteiger partial charge in [-0.1, -0.05) is 5.21 Å². The van der Waals surface area contributed by atoms with E-state index in [-0.39, 0.29) is 0 Å². The second-order valence-corrected chi connectivity index (χ2v) is 4.39. The first kappa shape index (κ1) is 11.3. The minimum absolute atomic E-state index is 0.437. The van der Waals surface area contributed by atoms with Crippen molar-refractivity contribution in [3.8, 4) is 0 Å². The van der Waals surface area contributed by atoms with E-state index in [1.165, 1.54) is 0 Å². The van der Waals surface area contributed by atoms with Gasteiger partial charge in [0.25, 0.3) is 0 Å². The second kappa shape index (κ2) is 4.83. The maximum Gasteiger partial charge on any atom is 0.147 e. The summed E-state index contributed by atoms with van der Waals surface area (Å²) in [6.45, 7) is 5.00. The largest absolute Gasteiger partial charge is 0.325 e. The summed E-state index contributed by atoms with van der Waals surface area (Å²) in [5.41, 5.74) is 6.33. The van der Waals surface area contributed by atoms with Crippen LogP contribution in [-0.2, 0) is 26.2 Å². The molecule has 2 N–H and O–H groups in total. The molecule has 0 saturated carbocycles. The van der Waals surface area contributed by atoms with Gasteiger partial charge in [-0.3, -0.25) is 9.58 Å². The Kier molecular flexibility index (Phi) is 3.03. The lowest BCUT2D eigenvalue weighted by Crippen LogP contribution is -2.35. The number of rotatable bonds is 4. The van der Waals surface area contributed by atoms with Crippen LogP contribution in [0, 0.1) is 0 Å². The number of aromatic nitrogens is 6. The zero-order chi connectivity index (χ0) is 12.4. The number of fused-ring (bicyclic) bond motifs is 1. The molecule has 3 rings (SSSR count). The molecule has 0 fully saturated rings. The molecule has 2 aromatic rings. The zero-order valence-electron chi connectivity index (χ0n) is 10.1. The van der Waals surface area contributed by atoms with E-state index in [4.69, 9.17) is 5.73 Å². The van der Waals surface area contributed by atoms with Gasteiger partial charge < -0.3 is 10.3 Å². The third-order valence-corrected chi connectivity index (χ3v) is 3.16. The van der Waals surface area contributed by atoms with Gasteiger partial charge in [0.1, 0.15) is 12.2 Å². The molecule has 0 saturated heterocycles. The van der Waals surface area contributed by atoms with Crippen molar-refractivity contribution >= 4 is 0 Å². The first-order valence-corrected chi connectivity index (χ1v) is 6.03. The number of nitrogens with zero attached hydrogens (tertiary/aromatic N) is 7. The van der Waals surface area contributed by atoms with Crippen LogP contribution in [0.1, 0.15) is 11.5 Å². The van der Waals surface area contributed by atoms with Gasteiger partial charge in [0, 0.05) is 32.4 Å². The molecule has 0 spiro atoms. The Morgan fingerprint density at radius 3 is 3.00 bits per heavy atom. The molecule has 1 aliphatic rings. The molecule has 0 aliphatic carbocycles. The van der Waals surface area contributed by atoms with Gasteiger partial charge >= 0.3 is 0 Å². The normalized spacial score (nSPS) is 15.8. The highest BCUT2D eigenvalue weighted by molar-refractivity contribution is 4.91. The van der Waals surface area contributed by atoms with Crippen LogP contribution in [0.3, 0.4) is 0 Å². The standard InChI is InChI=1S/C10H16N8/c11-5-9-6-18(15-13-9)4-2-16-1-3-17-8-12-14-10(17)7-16/h6,8H,1-5,7,11H2. The fourth-order valence-corrected chi connectivity index (χ4v) is 2.09. The van der Waals surface area contributed by atoms with Crippen LogP contribution in [0.5, 0.6) is 0 Å². The van der Waals surface area contributed by atoms with Crippen LogP contribution < -0.4 is 5.73 Å². The van der Waals surface area contributed by atoms with E-state index in [9.17, 15) is 0 Å². The van der Waals surface area contributed by atoms with Crippen LogP contribution in [0.4, 0.5) is 0 Å². The SMILES string of the molecule is NCc1cn(CCN2CCn3cnnc3C2)nn1. The maximum atomic E-state index is 5.50. The average Bonchev–Trinajstić information content (AvgIpc) is 3.04. The molecule has 0 unspecified atom stereocenters. The fraction of sp³-hybridized carbons (Fsp3) is 0.600. The summed E-state index contributed by atoms with van der Waals surface area (Å²) in [4.78, 5) is 2.34. The van der Waals surface area contributed by atoms with Crippen molar-refractivity contribution in [1.82, 2.24) is 34.7 Å². The van der Waals surface area contributed by atoms with E-state index in [0.29, 0.717) is 6.54 Å². The molecular weight excluding hydrogens is 232 g/mol. The minimum atomic E-state index is 0.437. The van der Waals surface area contributed by atoms with E-state index < -0.39 is 0 Å². The van der Waals surface area contributed by atoms with Gasteiger partial charge in [-0.2, -0.15) is 0 Å². The van der Waals surface area contributed by atoms with Crippen molar-refractivity contribution in [2.75, 3.05) is 13.1 Å². The molecule has 96 valence electrons. The smallest absolute Gasteiger partial charge is 0.147 e. The van der Waals surface area contributed by atoms with Crippen molar-refractivity contribution in [2.24, 2.45) is 5.73 Å². The molecule has 8 nitrogen and oxygen atoms in total. The molecule has 2 aromatic heterocycles. The summed E-state index contributed by atoms with van der Waals surface area (Å²) in [6, 6.07) is 0. The van der Waals surface area contributed by atoms with E-state index in [1.54, 1.807) is 6.33 Å². The van der Waals surface area contributed by atoms with Crippen LogP contribution in [-0.4, -0.2) is 47.7 Å². The Labute approximate surface area is 104 Å². The topological polar surface area (TPSA) is 90.7 Å². The highest BCUT2D eigenvalue weighted by Crippen LogP contribution is 2.08. The Hall–Kier alpha value is -1.80. The molecule has 0 atom stereocenters. The van der Waals surface area contributed by atoms with Gasteiger partial charge in [0.05, 0.1) is 18.8 Å². The van der Waals surface area contributed by atoms with Crippen LogP contribution in [0.25, 0.3) is 0 Å². The first-order valence-electron chi connectivity index (χ1n) is 6.03. The fourth-order valence-electron chi connectivity index (χ4n) is 2.09. The van der Waals surface area contributed by atoms with Crippen molar-refractivity contribution < 1.29 is 0 Å². The number of hydrogen-bond acceptors (Lipinski definition) is 6. The summed E-state index contributed by atoms with van der Waals surface area (Å²) in [5, 5.41) is 16.0. The van der Waals surface area contributed by atoms with Crippen LogP contribution >= 0.6 is 0 Å². The molecule has 0 bridgehead atoms. The molecule has 0 radical (unpaired) electrons. The van der Waals surface area contributed by atoms with Gasteiger partial charge in [-0.25, -0.2) is 0 Å². The van der Waals surface area contributed by atoms with Gasteiger partial charge in [0.15, 0.2) is 0 Å². The molecule has 18 heavy (non-hydrogen) atoms. The Morgan fingerprint density at radius 2 is 2.17 bits per heavy atom. The lowest BCUT2D eigenvalue weighted by Gasteiger charge is -2.26. The summed E-state index contributed by atoms with van der Waals surface area (Å²) >= 11 is 0. The van der Waals surface area contributed by atoms with Gasteiger partial charge in [-0.05, 0) is 0 Å². The Balaban J connectivity index is 1.55. The molecule has 0 aromatic carbocycles. The average molecular weight is 248 g/mol. The molecular formula is C10H16N8. The Morgan fingerprint density at radius 1 is 1.22 bits per heavy atom. The molecule has 0 amide bonds. The van der Waals surface area contributed by atoms with Crippen LogP contribution in [0.15, 0.2) is 12.5 Å². The zero-order valence-corrected chi connectivity index (χ0v) is 10.1. The van der Waals surface area contributed by atoms with Crippen molar-refractivity contribution in [3.05, 3.63) is 24.0 Å². The van der Waals surface area contributed by atoms with Gasteiger partial charge in [0.2, 0.25) is 0 Å². The predicted octanol–water partition coefficient (Wildman–Crippen LogP) is -1.16. The highest BCUT2D eigenvalue weighted by Gasteiger charge is 2.16. The summed E-state index contributed by atoms with van der Waals surface area (Å²) in [7, 11) is 0.